The summed E-state index contributed by atoms with van der Waals surface area (Å²) in [5, 5.41) is 9.73. The van der Waals surface area contributed by atoms with Gasteiger partial charge in [-0.2, -0.15) is 5.26 Å². The lowest BCUT2D eigenvalue weighted by Crippen LogP contribution is -1.96. The zero-order valence-electron chi connectivity index (χ0n) is 8.63. The van der Waals surface area contributed by atoms with Gasteiger partial charge in [-0.3, -0.25) is 0 Å². The molecule has 0 bridgehead atoms. The average Bonchev–Trinajstić information content (AvgIpc) is 2.24. The van der Waals surface area contributed by atoms with E-state index in [1.165, 1.54) is 5.56 Å². The second-order valence-electron chi connectivity index (χ2n) is 3.48. The van der Waals surface area contributed by atoms with Crippen LogP contribution in [0, 0.1) is 11.3 Å². The molecule has 0 aliphatic heterocycles. The molecule has 1 atom stereocenters. The largest absolute Gasteiger partial charge is 0.198 e. The number of nitrogens with zero attached hydrogens (tertiary/aromatic N) is 1. The Morgan fingerprint density at radius 3 is 2.60 bits per heavy atom. The molecule has 3 heteroatoms. The fourth-order valence-corrected chi connectivity index (χ4v) is 1.92. The summed E-state index contributed by atoms with van der Waals surface area (Å²) >= 11 is 11.8. The van der Waals surface area contributed by atoms with Gasteiger partial charge in [-0.1, -0.05) is 36.2 Å². The van der Waals surface area contributed by atoms with Crippen LogP contribution in [0.1, 0.15) is 37.7 Å². The summed E-state index contributed by atoms with van der Waals surface area (Å²) in [6, 6.07) is 7.87. The van der Waals surface area contributed by atoms with Gasteiger partial charge < -0.3 is 0 Å². The molecule has 15 heavy (non-hydrogen) atoms. The summed E-state index contributed by atoms with van der Waals surface area (Å²) in [5.41, 5.74) is 1.17. The van der Waals surface area contributed by atoms with Gasteiger partial charge in [0.25, 0.3) is 0 Å². The molecular weight excluding hydrogens is 229 g/mol. The maximum atomic E-state index is 8.56. The third kappa shape index (κ3) is 3.41. The fraction of sp³-hybridized carbons (Fsp3) is 0.417. The maximum absolute atomic E-state index is 8.56. The lowest BCUT2D eigenvalue weighted by molar-refractivity contribution is 0.616. The zero-order valence-corrected chi connectivity index (χ0v) is 10.1. The first-order chi connectivity index (χ1) is 7.19. The SMILES string of the molecule is CCC(CCC#N)c1ccc(Cl)c(Cl)c1. The molecule has 1 aromatic rings. The number of benzene rings is 1. The monoisotopic (exact) mass is 241 g/mol. The molecule has 0 saturated heterocycles. The van der Waals surface area contributed by atoms with Crippen molar-refractivity contribution in [1.29, 1.82) is 5.26 Å². The minimum absolute atomic E-state index is 0.402. The maximum Gasteiger partial charge on any atom is 0.0621 e. The van der Waals surface area contributed by atoms with Crippen LogP contribution in [-0.4, -0.2) is 0 Å². The van der Waals surface area contributed by atoms with E-state index < -0.39 is 0 Å². The van der Waals surface area contributed by atoms with Crippen LogP contribution in [0.15, 0.2) is 18.2 Å². The highest BCUT2D eigenvalue weighted by atomic mass is 35.5. The number of hydrogen-bond donors (Lipinski definition) is 0. The highest BCUT2D eigenvalue weighted by molar-refractivity contribution is 6.42. The predicted octanol–water partition coefficient (Wildman–Crippen LogP) is 4.79. The molecule has 1 aromatic carbocycles. The predicted molar refractivity (Wildman–Crippen MR) is 64.3 cm³/mol. The van der Waals surface area contributed by atoms with Crippen molar-refractivity contribution in [2.24, 2.45) is 0 Å². The number of nitriles is 1. The zero-order chi connectivity index (χ0) is 11.3. The summed E-state index contributed by atoms with van der Waals surface area (Å²) < 4.78 is 0. The third-order valence-electron chi connectivity index (χ3n) is 2.51. The van der Waals surface area contributed by atoms with Gasteiger partial charge in [0.05, 0.1) is 16.1 Å². The van der Waals surface area contributed by atoms with Gasteiger partial charge in [0, 0.05) is 6.42 Å². The molecule has 80 valence electrons. The number of rotatable bonds is 4. The molecule has 0 aromatic heterocycles. The molecule has 0 aliphatic rings. The van der Waals surface area contributed by atoms with E-state index >= 15 is 0 Å². The van der Waals surface area contributed by atoms with Gasteiger partial charge in [0.2, 0.25) is 0 Å². The molecule has 0 spiro atoms. The third-order valence-corrected chi connectivity index (χ3v) is 3.25. The van der Waals surface area contributed by atoms with Crippen molar-refractivity contribution in [3.05, 3.63) is 33.8 Å². The number of halogens is 2. The Kier molecular flexibility index (Phi) is 4.94. The van der Waals surface area contributed by atoms with E-state index in [2.05, 4.69) is 13.0 Å². The van der Waals surface area contributed by atoms with E-state index in [9.17, 15) is 0 Å². The Bertz CT molecular complexity index is 368. The highest BCUT2D eigenvalue weighted by Gasteiger charge is 2.10. The lowest BCUT2D eigenvalue weighted by Gasteiger charge is -2.14. The van der Waals surface area contributed by atoms with E-state index in [0.29, 0.717) is 22.4 Å². The smallest absolute Gasteiger partial charge is 0.0621 e. The van der Waals surface area contributed by atoms with Crippen LogP contribution in [-0.2, 0) is 0 Å². The van der Waals surface area contributed by atoms with Crippen molar-refractivity contribution < 1.29 is 0 Å². The standard InChI is InChI=1S/C12H13Cl2N/c1-2-9(4-3-7-15)10-5-6-11(13)12(14)8-10/h5-6,8-9H,2-4H2,1H3. The molecule has 0 radical (unpaired) electrons. The molecule has 1 unspecified atom stereocenters. The minimum atomic E-state index is 0.402. The van der Waals surface area contributed by atoms with E-state index in [1.54, 1.807) is 0 Å². The van der Waals surface area contributed by atoms with E-state index in [1.807, 2.05) is 18.2 Å². The van der Waals surface area contributed by atoms with Gasteiger partial charge in [-0.05, 0) is 36.5 Å². The van der Waals surface area contributed by atoms with E-state index in [0.717, 1.165) is 12.8 Å². The molecular formula is C12H13Cl2N. The number of hydrogen-bond acceptors (Lipinski definition) is 1. The van der Waals surface area contributed by atoms with Gasteiger partial charge >= 0.3 is 0 Å². The Morgan fingerprint density at radius 1 is 1.33 bits per heavy atom. The quantitative estimate of drug-likeness (QED) is 0.744. The van der Waals surface area contributed by atoms with Gasteiger partial charge in [0.15, 0.2) is 0 Å². The Balaban J connectivity index is 2.83. The van der Waals surface area contributed by atoms with Crippen molar-refractivity contribution in [2.45, 2.75) is 32.1 Å². The van der Waals surface area contributed by atoms with Gasteiger partial charge in [-0.25, -0.2) is 0 Å². The summed E-state index contributed by atoms with van der Waals surface area (Å²) in [4.78, 5) is 0. The molecule has 0 saturated carbocycles. The molecule has 0 fully saturated rings. The van der Waals surface area contributed by atoms with Crippen LogP contribution in [0.25, 0.3) is 0 Å². The Hall–Kier alpha value is -0.710. The Labute approximate surface area is 101 Å². The molecule has 1 nitrogen and oxygen atoms in total. The first-order valence-corrected chi connectivity index (χ1v) is 5.76. The lowest BCUT2D eigenvalue weighted by atomic mass is 9.92. The second-order valence-corrected chi connectivity index (χ2v) is 4.29. The minimum Gasteiger partial charge on any atom is -0.198 e. The van der Waals surface area contributed by atoms with E-state index in [4.69, 9.17) is 28.5 Å². The van der Waals surface area contributed by atoms with Crippen molar-refractivity contribution in [2.75, 3.05) is 0 Å². The molecule has 0 N–H and O–H groups in total. The van der Waals surface area contributed by atoms with Gasteiger partial charge in [-0.15, -0.1) is 0 Å². The van der Waals surface area contributed by atoms with E-state index in [-0.39, 0.29) is 0 Å². The van der Waals surface area contributed by atoms with Crippen LogP contribution < -0.4 is 0 Å². The van der Waals surface area contributed by atoms with Crippen molar-refractivity contribution in [3.63, 3.8) is 0 Å². The van der Waals surface area contributed by atoms with Crippen molar-refractivity contribution in [3.8, 4) is 6.07 Å². The van der Waals surface area contributed by atoms with Gasteiger partial charge in [0.1, 0.15) is 0 Å². The highest BCUT2D eigenvalue weighted by Crippen LogP contribution is 2.30. The summed E-state index contributed by atoms with van der Waals surface area (Å²) in [7, 11) is 0. The summed E-state index contributed by atoms with van der Waals surface area (Å²) in [5.74, 6) is 0.402. The van der Waals surface area contributed by atoms with Crippen LogP contribution >= 0.6 is 23.2 Å². The van der Waals surface area contributed by atoms with Crippen molar-refractivity contribution in [1.82, 2.24) is 0 Å². The first-order valence-electron chi connectivity index (χ1n) is 5.01. The van der Waals surface area contributed by atoms with Crippen LogP contribution in [0.2, 0.25) is 10.0 Å². The van der Waals surface area contributed by atoms with Crippen LogP contribution in [0.3, 0.4) is 0 Å². The topological polar surface area (TPSA) is 23.8 Å². The Morgan fingerprint density at radius 2 is 2.07 bits per heavy atom. The van der Waals surface area contributed by atoms with Crippen molar-refractivity contribution >= 4 is 23.2 Å². The summed E-state index contributed by atoms with van der Waals surface area (Å²) in [6.07, 6.45) is 2.48. The molecule has 1 rings (SSSR count). The van der Waals surface area contributed by atoms with Crippen LogP contribution in [0.4, 0.5) is 0 Å². The molecule has 0 amide bonds. The molecule has 0 aliphatic carbocycles. The average molecular weight is 242 g/mol. The van der Waals surface area contributed by atoms with Crippen LogP contribution in [0.5, 0.6) is 0 Å². The summed E-state index contributed by atoms with van der Waals surface area (Å²) in [6.45, 7) is 2.12. The fourth-order valence-electron chi connectivity index (χ4n) is 1.61. The first kappa shape index (κ1) is 12.4. The second kappa shape index (κ2) is 6.00. The molecule has 0 heterocycles. The normalized spacial score (nSPS) is 12.1.